The van der Waals surface area contributed by atoms with Gasteiger partial charge in [0, 0.05) is 55.8 Å². The zero-order valence-electron chi connectivity index (χ0n) is 16.2. The molecule has 0 amide bonds. The van der Waals surface area contributed by atoms with Gasteiger partial charge in [0.1, 0.15) is 11.6 Å². The second-order valence-corrected chi connectivity index (χ2v) is 7.47. The second kappa shape index (κ2) is 7.68. The highest BCUT2D eigenvalue weighted by atomic mass is 16.5. The minimum atomic E-state index is 0.323. The highest BCUT2D eigenvalue weighted by molar-refractivity contribution is 5.80. The summed E-state index contributed by atoms with van der Waals surface area (Å²) in [5, 5.41) is 3.46. The summed E-state index contributed by atoms with van der Waals surface area (Å²) < 4.78 is 7.68. The van der Waals surface area contributed by atoms with Gasteiger partial charge in [0.2, 0.25) is 0 Å². The number of hydrogen-bond acceptors (Lipinski definition) is 4. The van der Waals surface area contributed by atoms with E-state index in [4.69, 9.17) is 9.73 Å². The fourth-order valence-corrected chi connectivity index (χ4v) is 4.05. The van der Waals surface area contributed by atoms with Crippen LogP contribution in [0.4, 0.5) is 0 Å². The molecule has 2 aromatic rings. The van der Waals surface area contributed by atoms with Crippen molar-refractivity contribution in [3.05, 3.63) is 42.1 Å². The van der Waals surface area contributed by atoms with E-state index in [0.29, 0.717) is 12.0 Å². The SMILES string of the molecule is CCNC(=NCc1cccnc1-n1ccnc1C)N1CCC2(CCOC2)C1. The maximum absolute atomic E-state index is 5.66. The molecule has 7 heteroatoms. The summed E-state index contributed by atoms with van der Waals surface area (Å²) in [7, 11) is 0. The van der Waals surface area contributed by atoms with Gasteiger partial charge in [0.25, 0.3) is 0 Å². The summed E-state index contributed by atoms with van der Waals surface area (Å²) in [6, 6.07) is 4.05. The van der Waals surface area contributed by atoms with Crippen molar-refractivity contribution in [2.45, 2.75) is 33.2 Å². The first kappa shape index (κ1) is 18.0. The Balaban J connectivity index is 1.54. The van der Waals surface area contributed by atoms with Gasteiger partial charge in [-0.25, -0.2) is 15.0 Å². The van der Waals surface area contributed by atoms with Crippen LogP contribution in [0, 0.1) is 12.3 Å². The van der Waals surface area contributed by atoms with Crippen molar-refractivity contribution < 1.29 is 4.74 Å². The first-order chi connectivity index (χ1) is 13.2. The lowest BCUT2D eigenvalue weighted by atomic mass is 9.87. The molecule has 1 unspecified atom stereocenters. The highest BCUT2D eigenvalue weighted by Crippen LogP contribution is 2.38. The van der Waals surface area contributed by atoms with Crippen LogP contribution in [0.5, 0.6) is 0 Å². The first-order valence-electron chi connectivity index (χ1n) is 9.76. The minimum Gasteiger partial charge on any atom is -0.381 e. The van der Waals surface area contributed by atoms with Crippen LogP contribution in [0.3, 0.4) is 0 Å². The Hall–Kier alpha value is -2.41. The molecular formula is C20H28N6O. The molecule has 4 rings (SSSR count). The quantitative estimate of drug-likeness (QED) is 0.662. The smallest absolute Gasteiger partial charge is 0.194 e. The number of pyridine rings is 1. The molecular weight excluding hydrogens is 340 g/mol. The molecule has 4 heterocycles. The summed E-state index contributed by atoms with van der Waals surface area (Å²) in [6.07, 6.45) is 7.91. The normalized spacial score (nSPS) is 22.7. The summed E-state index contributed by atoms with van der Waals surface area (Å²) in [5.41, 5.74) is 1.41. The molecule has 1 N–H and O–H groups in total. The van der Waals surface area contributed by atoms with Gasteiger partial charge in [-0.05, 0) is 32.8 Å². The van der Waals surface area contributed by atoms with Crippen molar-refractivity contribution in [2.24, 2.45) is 10.4 Å². The van der Waals surface area contributed by atoms with Crippen LogP contribution in [-0.2, 0) is 11.3 Å². The number of aromatic nitrogens is 3. The Bertz CT molecular complexity index is 808. The van der Waals surface area contributed by atoms with Crippen molar-refractivity contribution in [3.63, 3.8) is 0 Å². The van der Waals surface area contributed by atoms with Gasteiger partial charge in [-0.3, -0.25) is 4.57 Å². The fraction of sp³-hybridized carbons (Fsp3) is 0.550. The van der Waals surface area contributed by atoms with Crippen molar-refractivity contribution in [1.82, 2.24) is 24.8 Å². The summed E-state index contributed by atoms with van der Waals surface area (Å²) in [5.74, 6) is 2.81. The Morgan fingerprint density at radius 3 is 3.00 bits per heavy atom. The predicted molar refractivity (Wildman–Crippen MR) is 105 cm³/mol. The number of aliphatic imine (C=N–C) groups is 1. The Morgan fingerprint density at radius 2 is 2.26 bits per heavy atom. The number of ether oxygens (including phenoxy) is 1. The first-order valence-corrected chi connectivity index (χ1v) is 9.76. The van der Waals surface area contributed by atoms with Gasteiger partial charge in [-0.15, -0.1) is 0 Å². The van der Waals surface area contributed by atoms with E-state index >= 15 is 0 Å². The lowest BCUT2D eigenvalue weighted by Gasteiger charge is -2.25. The highest BCUT2D eigenvalue weighted by Gasteiger charge is 2.42. The zero-order valence-corrected chi connectivity index (χ0v) is 16.2. The van der Waals surface area contributed by atoms with Crippen molar-refractivity contribution >= 4 is 5.96 Å². The molecule has 2 aromatic heterocycles. The van der Waals surface area contributed by atoms with E-state index < -0.39 is 0 Å². The third kappa shape index (κ3) is 3.69. The topological polar surface area (TPSA) is 67.6 Å². The number of nitrogens with one attached hydrogen (secondary N) is 1. The molecule has 2 fully saturated rings. The summed E-state index contributed by atoms with van der Waals surface area (Å²) in [4.78, 5) is 16.2. The third-order valence-corrected chi connectivity index (χ3v) is 5.58. The number of rotatable bonds is 4. The summed E-state index contributed by atoms with van der Waals surface area (Å²) >= 11 is 0. The molecule has 0 aliphatic carbocycles. The largest absolute Gasteiger partial charge is 0.381 e. The van der Waals surface area contributed by atoms with Crippen molar-refractivity contribution in [3.8, 4) is 5.82 Å². The average molecular weight is 368 g/mol. The van der Waals surface area contributed by atoms with E-state index in [9.17, 15) is 0 Å². The van der Waals surface area contributed by atoms with E-state index in [1.165, 1.54) is 6.42 Å². The zero-order chi connectivity index (χ0) is 18.7. The number of nitrogens with zero attached hydrogens (tertiary/aromatic N) is 5. The number of likely N-dealkylation sites (tertiary alicyclic amines) is 1. The van der Waals surface area contributed by atoms with Gasteiger partial charge in [0.05, 0.1) is 13.2 Å². The van der Waals surface area contributed by atoms with E-state index in [1.807, 2.05) is 30.0 Å². The molecule has 2 saturated heterocycles. The van der Waals surface area contributed by atoms with Gasteiger partial charge in [-0.1, -0.05) is 6.07 Å². The molecule has 7 nitrogen and oxygen atoms in total. The predicted octanol–water partition coefficient (Wildman–Crippen LogP) is 2.15. The van der Waals surface area contributed by atoms with E-state index in [2.05, 4.69) is 33.2 Å². The molecule has 0 saturated carbocycles. The monoisotopic (exact) mass is 368 g/mol. The van der Waals surface area contributed by atoms with Crippen LogP contribution in [-0.4, -0.2) is 58.2 Å². The fourth-order valence-electron chi connectivity index (χ4n) is 4.05. The maximum atomic E-state index is 5.66. The van der Waals surface area contributed by atoms with E-state index in [-0.39, 0.29) is 0 Å². The van der Waals surface area contributed by atoms with Gasteiger partial charge in [0.15, 0.2) is 5.96 Å². The molecule has 1 atom stereocenters. The van der Waals surface area contributed by atoms with Crippen LogP contribution in [0.15, 0.2) is 35.7 Å². The maximum Gasteiger partial charge on any atom is 0.194 e. The number of imidazole rings is 1. The summed E-state index contributed by atoms with van der Waals surface area (Å²) in [6.45, 7) is 9.39. The third-order valence-electron chi connectivity index (χ3n) is 5.58. The second-order valence-electron chi connectivity index (χ2n) is 7.47. The lowest BCUT2D eigenvalue weighted by molar-refractivity contribution is 0.156. The number of guanidine groups is 1. The van der Waals surface area contributed by atoms with Crippen LogP contribution >= 0.6 is 0 Å². The molecule has 0 bridgehead atoms. The Labute approximate surface area is 160 Å². The van der Waals surface area contributed by atoms with Crippen LogP contribution in [0.2, 0.25) is 0 Å². The minimum absolute atomic E-state index is 0.323. The molecule has 2 aliphatic heterocycles. The van der Waals surface area contributed by atoms with Crippen LogP contribution < -0.4 is 5.32 Å². The molecule has 27 heavy (non-hydrogen) atoms. The standard InChI is InChI=1S/C20H28N6O/c1-3-21-19(25-10-6-20(14-25)7-12-27-15-20)24-13-17-5-4-8-23-18(17)26-11-9-22-16(26)2/h4-5,8-9,11H,3,6-7,10,12-15H2,1-2H3,(H,21,24). The molecule has 144 valence electrons. The number of aryl methyl sites for hydroxylation is 1. The average Bonchev–Trinajstić information content (AvgIpc) is 3.42. The van der Waals surface area contributed by atoms with Gasteiger partial charge < -0.3 is 15.0 Å². The van der Waals surface area contributed by atoms with Crippen LogP contribution in [0.25, 0.3) is 5.82 Å². The van der Waals surface area contributed by atoms with Gasteiger partial charge in [-0.2, -0.15) is 0 Å². The lowest BCUT2D eigenvalue weighted by Crippen LogP contribution is -2.41. The molecule has 1 spiro atoms. The molecule has 0 aromatic carbocycles. The van der Waals surface area contributed by atoms with Gasteiger partial charge >= 0.3 is 0 Å². The van der Waals surface area contributed by atoms with Crippen molar-refractivity contribution in [2.75, 3.05) is 32.8 Å². The van der Waals surface area contributed by atoms with E-state index in [1.54, 1.807) is 6.20 Å². The number of hydrogen-bond donors (Lipinski definition) is 1. The Kier molecular flexibility index (Phi) is 5.11. The molecule has 2 aliphatic rings. The van der Waals surface area contributed by atoms with Crippen molar-refractivity contribution in [1.29, 1.82) is 0 Å². The van der Waals surface area contributed by atoms with Crippen LogP contribution in [0.1, 0.15) is 31.2 Å². The van der Waals surface area contributed by atoms with E-state index in [0.717, 1.165) is 62.4 Å². The Morgan fingerprint density at radius 1 is 1.33 bits per heavy atom. The molecule has 0 radical (unpaired) electrons.